The molecule has 0 heterocycles. The van der Waals surface area contributed by atoms with Crippen LogP contribution in [-0.2, 0) is 0 Å². The number of aliphatic hydroxyl groups excluding tert-OH is 1. The van der Waals surface area contributed by atoms with E-state index in [9.17, 15) is 5.11 Å². The lowest BCUT2D eigenvalue weighted by molar-refractivity contribution is 0.127. The zero-order chi connectivity index (χ0) is 13.7. The van der Waals surface area contributed by atoms with E-state index in [4.69, 9.17) is 0 Å². The summed E-state index contributed by atoms with van der Waals surface area (Å²) in [6.07, 6.45) is 7.48. The van der Waals surface area contributed by atoms with Crippen molar-refractivity contribution in [2.45, 2.75) is 70.6 Å². The molecule has 0 bridgehead atoms. The van der Waals surface area contributed by atoms with E-state index in [1.165, 1.54) is 44.1 Å². The van der Waals surface area contributed by atoms with Gasteiger partial charge in [-0.05, 0) is 32.3 Å². The predicted octanol–water partition coefficient (Wildman–Crippen LogP) is 3.73. The van der Waals surface area contributed by atoms with Crippen LogP contribution in [0.3, 0.4) is 0 Å². The molecule has 2 heteroatoms. The molecule has 0 amide bonds. The molecular weight excluding hydrogens is 234 g/mol. The van der Waals surface area contributed by atoms with Crippen molar-refractivity contribution in [2.75, 3.05) is 0 Å². The average molecular weight is 261 g/mol. The van der Waals surface area contributed by atoms with Crippen molar-refractivity contribution < 1.29 is 5.11 Å². The third-order valence-electron chi connectivity index (χ3n) is 4.25. The smallest absolute Gasteiger partial charge is 0.0940 e. The molecular formula is C17H27NO. The zero-order valence-electron chi connectivity index (χ0n) is 12.2. The van der Waals surface area contributed by atoms with Crippen LogP contribution in [0.1, 0.15) is 62.7 Å². The van der Waals surface area contributed by atoms with Gasteiger partial charge in [-0.25, -0.2) is 0 Å². The molecule has 2 rings (SSSR count). The fourth-order valence-corrected chi connectivity index (χ4v) is 2.96. The van der Waals surface area contributed by atoms with Crippen molar-refractivity contribution in [2.24, 2.45) is 0 Å². The Labute approximate surface area is 117 Å². The van der Waals surface area contributed by atoms with Gasteiger partial charge in [-0.3, -0.25) is 0 Å². The summed E-state index contributed by atoms with van der Waals surface area (Å²) in [6, 6.07) is 8.90. The summed E-state index contributed by atoms with van der Waals surface area (Å²) in [7, 11) is 0. The molecule has 1 aromatic rings. The maximum Gasteiger partial charge on any atom is 0.0940 e. The summed E-state index contributed by atoms with van der Waals surface area (Å²) < 4.78 is 0. The van der Waals surface area contributed by atoms with Gasteiger partial charge in [0.2, 0.25) is 0 Å². The Morgan fingerprint density at radius 2 is 1.63 bits per heavy atom. The Kier molecular flexibility index (Phi) is 5.41. The zero-order valence-corrected chi connectivity index (χ0v) is 12.2. The number of nitrogens with one attached hydrogen (secondary N) is 1. The van der Waals surface area contributed by atoms with Gasteiger partial charge >= 0.3 is 0 Å². The Morgan fingerprint density at radius 3 is 2.21 bits per heavy atom. The maximum atomic E-state index is 10.4. The second kappa shape index (κ2) is 7.06. The molecule has 0 aromatic heterocycles. The highest BCUT2D eigenvalue weighted by Gasteiger charge is 2.20. The van der Waals surface area contributed by atoms with E-state index in [0.29, 0.717) is 6.04 Å². The van der Waals surface area contributed by atoms with Crippen molar-refractivity contribution in [1.82, 2.24) is 5.32 Å². The lowest BCUT2D eigenvalue weighted by Gasteiger charge is -2.26. The number of benzene rings is 1. The highest BCUT2D eigenvalue weighted by atomic mass is 16.3. The van der Waals surface area contributed by atoms with Crippen molar-refractivity contribution >= 4 is 0 Å². The molecule has 0 saturated heterocycles. The van der Waals surface area contributed by atoms with Crippen LogP contribution in [0.4, 0.5) is 0 Å². The molecule has 2 atom stereocenters. The number of aliphatic hydroxyl groups is 1. The summed E-state index contributed by atoms with van der Waals surface area (Å²) >= 11 is 0. The monoisotopic (exact) mass is 261 g/mol. The van der Waals surface area contributed by atoms with Crippen LogP contribution in [-0.4, -0.2) is 17.2 Å². The highest BCUT2D eigenvalue weighted by molar-refractivity contribution is 5.23. The molecule has 2 unspecified atom stereocenters. The van der Waals surface area contributed by atoms with Crippen molar-refractivity contribution in [1.29, 1.82) is 0 Å². The molecule has 19 heavy (non-hydrogen) atoms. The van der Waals surface area contributed by atoms with Gasteiger partial charge in [-0.1, -0.05) is 55.5 Å². The van der Waals surface area contributed by atoms with Gasteiger partial charge in [0.05, 0.1) is 6.10 Å². The van der Waals surface area contributed by atoms with Crippen molar-refractivity contribution in [3.05, 3.63) is 35.4 Å². The maximum absolute atomic E-state index is 10.4. The van der Waals surface area contributed by atoms with E-state index in [1.807, 2.05) is 12.1 Å². The first-order chi connectivity index (χ1) is 9.16. The number of rotatable bonds is 4. The number of hydrogen-bond donors (Lipinski definition) is 2. The standard InChI is InChI=1S/C17H27NO/c1-13-9-11-15(12-10-13)17(19)14(2)18-16-7-5-3-4-6-8-16/h9-12,14,16-19H,3-8H2,1-2H3. The van der Waals surface area contributed by atoms with Gasteiger partial charge in [0.1, 0.15) is 0 Å². The minimum absolute atomic E-state index is 0.116. The Bertz CT molecular complexity index is 365. The van der Waals surface area contributed by atoms with E-state index in [0.717, 1.165) is 5.56 Å². The molecule has 106 valence electrons. The summed E-state index contributed by atoms with van der Waals surface area (Å²) in [5, 5.41) is 14.0. The predicted molar refractivity (Wildman–Crippen MR) is 80.2 cm³/mol. The molecule has 1 aromatic carbocycles. The molecule has 1 fully saturated rings. The molecule has 1 aliphatic rings. The van der Waals surface area contributed by atoms with E-state index >= 15 is 0 Å². The fourth-order valence-electron chi connectivity index (χ4n) is 2.96. The first-order valence-electron chi connectivity index (χ1n) is 7.67. The molecule has 0 radical (unpaired) electrons. The Morgan fingerprint density at radius 1 is 1.05 bits per heavy atom. The van der Waals surface area contributed by atoms with E-state index in [1.54, 1.807) is 0 Å². The Hall–Kier alpha value is -0.860. The third-order valence-corrected chi connectivity index (χ3v) is 4.25. The lowest BCUT2D eigenvalue weighted by Crippen LogP contribution is -2.39. The topological polar surface area (TPSA) is 32.3 Å². The summed E-state index contributed by atoms with van der Waals surface area (Å²) in [5.41, 5.74) is 2.25. The summed E-state index contributed by atoms with van der Waals surface area (Å²) in [6.45, 7) is 4.17. The second-order valence-corrected chi connectivity index (χ2v) is 6.00. The van der Waals surface area contributed by atoms with Gasteiger partial charge < -0.3 is 10.4 Å². The molecule has 0 aliphatic heterocycles. The van der Waals surface area contributed by atoms with Crippen molar-refractivity contribution in [3.63, 3.8) is 0 Å². The van der Waals surface area contributed by atoms with E-state index in [2.05, 4.69) is 31.3 Å². The average Bonchev–Trinajstić information content (AvgIpc) is 2.67. The van der Waals surface area contributed by atoms with Gasteiger partial charge in [-0.15, -0.1) is 0 Å². The molecule has 1 saturated carbocycles. The minimum Gasteiger partial charge on any atom is -0.387 e. The normalized spacial score (nSPS) is 20.8. The van der Waals surface area contributed by atoms with Crippen LogP contribution < -0.4 is 5.32 Å². The largest absolute Gasteiger partial charge is 0.387 e. The molecule has 2 nitrogen and oxygen atoms in total. The summed E-state index contributed by atoms with van der Waals surface area (Å²) in [4.78, 5) is 0. The SMILES string of the molecule is Cc1ccc(C(O)C(C)NC2CCCCCC2)cc1. The minimum atomic E-state index is -0.413. The lowest BCUT2D eigenvalue weighted by atomic mass is 10.00. The van der Waals surface area contributed by atoms with Crippen LogP contribution in [0.15, 0.2) is 24.3 Å². The third kappa shape index (κ3) is 4.32. The van der Waals surface area contributed by atoms with E-state index < -0.39 is 6.10 Å². The highest BCUT2D eigenvalue weighted by Crippen LogP contribution is 2.21. The van der Waals surface area contributed by atoms with Crippen LogP contribution in [0, 0.1) is 6.92 Å². The first-order valence-corrected chi connectivity index (χ1v) is 7.67. The van der Waals surface area contributed by atoms with E-state index in [-0.39, 0.29) is 6.04 Å². The fraction of sp³-hybridized carbons (Fsp3) is 0.647. The van der Waals surface area contributed by atoms with Crippen LogP contribution >= 0.6 is 0 Å². The van der Waals surface area contributed by atoms with Crippen LogP contribution in [0.5, 0.6) is 0 Å². The second-order valence-electron chi connectivity index (χ2n) is 6.00. The van der Waals surface area contributed by atoms with Crippen LogP contribution in [0.25, 0.3) is 0 Å². The molecule has 0 spiro atoms. The number of hydrogen-bond acceptors (Lipinski definition) is 2. The quantitative estimate of drug-likeness (QED) is 0.809. The Balaban J connectivity index is 1.90. The van der Waals surface area contributed by atoms with Gasteiger partial charge in [-0.2, -0.15) is 0 Å². The number of aryl methyl sites for hydroxylation is 1. The van der Waals surface area contributed by atoms with Crippen LogP contribution in [0.2, 0.25) is 0 Å². The first kappa shape index (κ1) is 14.5. The van der Waals surface area contributed by atoms with Gasteiger partial charge in [0.15, 0.2) is 0 Å². The van der Waals surface area contributed by atoms with Gasteiger partial charge in [0.25, 0.3) is 0 Å². The molecule has 1 aliphatic carbocycles. The van der Waals surface area contributed by atoms with Gasteiger partial charge in [0, 0.05) is 12.1 Å². The summed E-state index contributed by atoms with van der Waals surface area (Å²) in [5.74, 6) is 0. The molecule has 2 N–H and O–H groups in total. The van der Waals surface area contributed by atoms with Crippen molar-refractivity contribution in [3.8, 4) is 0 Å².